The highest BCUT2D eigenvalue weighted by Gasteiger charge is 1.82. The van der Waals surface area contributed by atoms with E-state index in [2.05, 4.69) is 0 Å². The first-order chi connectivity index (χ1) is 4.54. The summed E-state index contributed by atoms with van der Waals surface area (Å²) in [6, 6.07) is 0. The quantitative estimate of drug-likeness (QED) is 0.414. The van der Waals surface area contributed by atoms with Gasteiger partial charge in [-0.15, -0.1) is 0 Å². The molecule has 4 N–H and O–H groups in total. The fraction of sp³-hybridized carbons (Fsp3) is 1.00. The zero-order valence-corrected chi connectivity index (χ0v) is 7.46. The van der Waals surface area contributed by atoms with Gasteiger partial charge in [-0.25, -0.2) is 5.01 Å². The summed E-state index contributed by atoms with van der Waals surface area (Å²) in [5.74, 6) is 10.2. The summed E-state index contributed by atoms with van der Waals surface area (Å²) in [4.78, 5) is 0. The molecule has 0 unspecified atom stereocenters. The molecule has 0 aromatic rings. The van der Waals surface area contributed by atoms with E-state index in [1.807, 2.05) is 13.8 Å². The molecule has 0 spiro atoms. The summed E-state index contributed by atoms with van der Waals surface area (Å²) < 4.78 is 0. The molecule has 64 valence electrons. The van der Waals surface area contributed by atoms with Crippen molar-refractivity contribution in [3.8, 4) is 0 Å². The molecule has 0 aliphatic rings. The van der Waals surface area contributed by atoms with Crippen LogP contribution in [-0.4, -0.2) is 37.2 Å². The number of hydrogen-bond acceptors (Lipinski definition) is 4. The number of rotatable bonds is 2. The van der Waals surface area contributed by atoms with Gasteiger partial charge in [-0.2, -0.15) is 0 Å². The predicted octanol–water partition coefficient (Wildman–Crippen LogP) is -0.376. The van der Waals surface area contributed by atoms with E-state index in [1.54, 1.807) is 19.1 Å². The highest BCUT2D eigenvalue weighted by atomic mass is 15.4. The minimum atomic E-state index is 0.941. The molecule has 0 radical (unpaired) electrons. The van der Waals surface area contributed by atoms with E-state index in [-0.39, 0.29) is 0 Å². The molecule has 4 heteroatoms. The lowest BCUT2D eigenvalue weighted by Gasteiger charge is -2.07. The third kappa shape index (κ3) is 24.9. The molecule has 0 amide bonds. The minimum Gasteiger partial charge on any atom is -0.269 e. The Bertz CT molecular complexity index is 49.0. The van der Waals surface area contributed by atoms with Gasteiger partial charge in [-0.3, -0.25) is 16.7 Å². The van der Waals surface area contributed by atoms with Crippen molar-refractivity contribution in [1.29, 1.82) is 0 Å². The van der Waals surface area contributed by atoms with E-state index in [4.69, 9.17) is 11.7 Å². The van der Waals surface area contributed by atoms with E-state index >= 15 is 0 Å². The lowest BCUT2D eigenvalue weighted by atomic mass is 10.6. The Morgan fingerprint density at radius 3 is 1.20 bits per heavy atom. The molecule has 0 aliphatic heterocycles. The van der Waals surface area contributed by atoms with Crippen LogP contribution in [0.15, 0.2) is 0 Å². The minimum absolute atomic E-state index is 0.941. The molecule has 0 aromatic carbocycles. The molecule has 0 bridgehead atoms. The highest BCUT2D eigenvalue weighted by Crippen LogP contribution is 1.68. The fourth-order valence-electron chi connectivity index (χ4n) is 0.224. The maximum Gasteiger partial charge on any atom is 0.00996 e. The summed E-state index contributed by atoms with van der Waals surface area (Å²) in [6.45, 7) is 5.94. The van der Waals surface area contributed by atoms with Crippen LogP contribution < -0.4 is 11.7 Å². The van der Waals surface area contributed by atoms with E-state index in [0.29, 0.717) is 0 Å². The van der Waals surface area contributed by atoms with Crippen molar-refractivity contribution in [1.82, 2.24) is 10.0 Å². The Morgan fingerprint density at radius 1 is 1.00 bits per heavy atom. The van der Waals surface area contributed by atoms with Gasteiger partial charge in [0.15, 0.2) is 0 Å². The summed E-state index contributed by atoms with van der Waals surface area (Å²) >= 11 is 0. The zero-order valence-electron chi connectivity index (χ0n) is 7.46. The second kappa shape index (κ2) is 8.84. The zero-order chi connectivity index (χ0) is 8.57. The first-order valence-corrected chi connectivity index (χ1v) is 3.46. The normalized spacial score (nSPS) is 9.60. The lowest BCUT2D eigenvalue weighted by molar-refractivity contribution is 0.316. The van der Waals surface area contributed by atoms with Crippen molar-refractivity contribution in [3.63, 3.8) is 0 Å². The van der Waals surface area contributed by atoms with Crippen LogP contribution in [0.4, 0.5) is 0 Å². The molecule has 4 nitrogen and oxygen atoms in total. The molecule has 0 heterocycles. The second-order valence-electron chi connectivity index (χ2n) is 2.18. The predicted molar refractivity (Wildman–Crippen MR) is 45.0 cm³/mol. The second-order valence-corrected chi connectivity index (χ2v) is 2.18. The summed E-state index contributed by atoms with van der Waals surface area (Å²) in [5.41, 5.74) is 0. The third-order valence-electron chi connectivity index (χ3n) is 0.812. The largest absolute Gasteiger partial charge is 0.269 e. The van der Waals surface area contributed by atoms with Crippen LogP contribution in [0.1, 0.15) is 13.8 Å². The first kappa shape index (κ1) is 12.5. The van der Waals surface area contributed by atoms with Gasteiger partial charge in [0.05, 0.1) is 0 Å². The van der Waals surface area contributed by atoms with Crippen molar-refractivity contribution in [2.24, 2.45) is 11.7 Å². The van der Waals surface area contributed by atoms with Crippen molar-refractivity contribution < 1.29 is 0 Å². The maximum absolute atomic E-state index is 5.31. The fourth-order valence-corrected chi connectivity index (χ4v) is 0.224. The Labute approximate surface area is 63.7 Å². The molecule has 10 heavy (non-hydrogen) atoms. The summed E-state index contributed by atoms with van der Waals surface area (Å²) in [7, 11) is 3.56. The molecule has 0 fully saturated rings. The van der Waals surface area contributed by atoms with Crippen LogP contribution in [0.3, 0.4) is 0 Å². The van der Waals surface area contributed by atoms with Gasteiger partial charge >= 0.3 is 0 Å². The Balaban J connectivity index is 0. The van der Waals surface area contributed by atoms with Gasteiger partial charge in [0.1, 0.15) is 0 Å². The molecule has 0 rings (SSSR count). The maximum atomic E-state index is 5.31. The van der Waals surface area contributed by atoms with E-state index in [0.717, 1.165) is 13.1 Å². The van der Waals surface area contributed by atoms with Crippen molar-refractivity contribution in [2.75, 3.05) is 27.2 Å². The molecule has 0 aromatic heterocycles. The smallest absolute Gasteiger partial charge is 0.00996 e. The average molecular weight is 148 g/mol. The van der Waals surface area contributed by atoms with Gasteiger partial charge in [-0.1, -0.05) is 13.8 Å². The van der Waals surface area contributed by atoms with Gasteiger partial charge in [0.2, 0.25) is 0 Å². The van der Waals surface area contributed by atoms with E-state index in [1.165, 1.54) is 5.01 Å². The lowest BCUT2D eigenvalue weighted by Crippen LogP contribution is -2.29. The van der Waals surface area contributed by atoms with Gasteiger partial charge in [0, 0.05) is 27.2 Å². The van der Waals surface area contributed by atoms with Crippen LogP contribution in [0.2, 0.25) is 0 Å². The summed E-state index contributed by atoms with van der Waals surface area (Å²) in [5, 5.41) is 3.25. The number of hydrogen-bond donors (Lipinski definition) is 2. The third-order valence-corrected chi connectivity index (χ3v) is 0.812. The number of nitrogens with zero attached hydrogens (tertiary/aromatic N) is 2. The van der Waals surface area contributed by atoms with Crippen molar-refractivity contribution in [3.05, 3.63) is 0 Å². The standard InChI is InChI=1S/C4H12N2.C2H8N2/c1-3-6(5)4-2;1-4(2)3/h3-5H2,1-2H3;3H2,1-2H3. The topological polar surface area (TPSA) is 58.5 Å². The molecule has 0 atom stereocenters. The van der Waals surface area contributed by atoms with E-state index < -0.39 is 0 Å². The Kier molecular flexibility index (Phi) is 11.1. The number of hydrazine groups is 2. The highest BCUT2D eigenvalue weighted by molar-refractivity contribution is 4.32. The van der Waals surface area contributed by atoms with E-state index in [9.17, 15) is 0 Å². The van der Waals surface area contributed by atoms with Crippen LogP contribution in [0.5, 0.6) is 0 Å². The SMILES string of the molecule is CCN(N)CC.CN(C)N. The molecule has 0 saturated carbocycles. The van der Waals surface area contributed by atoms with Crippen LogP contribution in [0.25, 0.3) is 0 Å². The van der Waals surface area contributed by atoms with Crippen LogP contribution in [-0.2, 0) is 0 Å². The first-order valence-electron chi connectivity index (χ1n) is 3.46. The Morgan fingerprint density at radius 2 is 1.20 bits per heavy atom. The molecular weight excluding hydrogens is 128 g/mol. The van der Waals surface area contributed by atoms with Crippen molar-refractivity contribution in [2.45, 2.75) is 13.8 Å². The van der Waals surface area contributed by atoms with Gasteiger partial charge < -0.3 is 0 Å². The molecule has 0 aliphatic carbocycles. The Hall–Kier alpha value is -0.160. The summed E-state index contributed by atoms with van der Waals surface area (Å²) in [6.07, 6.45) is 0. The number of nitrogens with two attached hydrogens (primary N) is 2. The molecular formula is C6H20N4. The van der Waals surface area contributed by atoms with Gasteiger partial charge in [0.25, 0.3) is 0 Å². The monoisotopic (exact) mass is 148 g/mol. The van der Waals surface area contributed by atoms with Crippen LogP contribution in [0, 0.1) is 0 Å². The van der Waals surface area contributed by atoms with Crippen molar-refractivity contribution >= 4 is 0 Å². The van der Waals surface area contributed by atoms with Gasteiger partial charge in [-0.05, 0) is 0 Å². The molecule has 0 saturated heterocycles. The average Bonchev–Trinajstić information content (AvgIpc) is 1.85. The van der Waals surface area contributed by atoms with Crippen LogP contribution >= 0.6 is 0 Å².